The molecule has 0 bridgehead atoms. The number of halogens is 1. The highest BCUT2D eigenvalue weighted by Gasteiger charge is 2.50. The molecule has 0 N–H and O–H groups in total. The smallest absolute Gasteiger partial charge is 0.154 e. The molecule has 1 unspecified atom stereocenters. The summed E-state index contributed by atoms with van der Waals surface area (Å²) in [6.45, 7) is 8.51. The molecule has 3 heteroatoms. The van der Waals surface area contributed by atoms with Crippen molar-refractivity contribution in [1.82, 2.24) is 0 Å². The molecule has 2 rings (SSSR count). The topological polar surface area (TPSA) is 30.2 Å². The van der Waals surface area contributed by atoms with Crippen LogP contribution in [-0.4, -0.2) is 10.7 Å². The van der Waals surface area contributed by atoms with Crippen LogP contribution >= 0.6 is 11.6 Å². The second-order valence-electron chi connectivity index (χ2n) is 7.48. The van der Waals surface area contributed by atoms with E-state index in [2.05, 4.69) is 26.8 Å². The van der Waals surface area contributed by atoms with E-state index in [1.807, 2.05) is 13.0 Å². The Labute approximate surface area is 145 Å². The highest BCUT2D eigenvalue weighted by molar-refractivity contribution is 6.36. The molecule has 1 aliphatic carbocycles. The number of carbonyl (C=O) groups is 1. The van der Waals surface area contributed by atoms with Gasteiger partial charge in [-0.05, 0) is 68.9 Å². The predicted octanol–water partition coefficient (Wildman–Crippen LogP) is 5.80. The van der Waals surface area contributed by atoms with Gasteiger partial charge in [0.05, 0.1) is 12.5 Å². The molecule has 0 radical (unpaired) electrons. The molecule has 1 fully saturated rings. The summed E-state index contributed by atoms with van der Waals surface area (Å²) in [4.78, 5) is 11.5. The Morgan fingerprint density at radius 3 is 2.87 bits per heavy atom. The van der Waals surface area contributed by atoms with E-state index in [9.17, 15) is 4.79 Å². The number of furan rings is 1. The number of allylic oxidation sites excluding steroid dienone is 2. The number of rotatable bonds is 7. The molecule has 1 aliphatic rings. The lowest BCUT2D eigenvalue weighted by Crippen LogP contribution is -2.32. The highest BCUT2D eigenvalue weighted by Crippen LogP contribution is 2.47. The van der Waals surface area contributed by atoms with Crippen LogP contribution in [0.3, 0.4) is 0 Å². The fourth-order valence-corrected chi connectivity index (χ4v) is 4.10. The summed E-state index contributed by atoms with van der Waals surface area (Å²) in [6, 6.07) is 2.01. The first-order valence-corrected chi connectivity index (χ1v) is 9.09. The van der Waals surface area contributed by atoms with E-state index in [0.29, 0.717) is 18.3 Å². The molecule has 1 heterocycles. The molecule has 128 valence electrons. The summed E-state index contributed by atoms with van der Waals surface area (Å²) in [6.07, 6.45) is 10.5. The first kappa shape index (κ1) is 18.3. The van der Waals surface area contributed by atoms with Crippen LogP contribution in [0.15, 0.2) is 34.7 Å². The minimum Gasteiger partial charge on any atom is -0.472 e. The Balaban J connectivity index is 1.88. The van der Waals surface area contributed by atoms with Crippen LogP contribution in [0.1, 0.15) is 58.9 Å². The standard InChI is InChI=1S/C20H29ClO2/c1-14(2)17-12-19(22)20(4,21)18(17)9-8-15(3)6-5-7-16-10-11-23-13-16/h6,10-11,13-14,17-18H,5,7-9,12H2,1-4H3/b15-6+/t17-,18-,20?/m1/s1. The summed E-state index contributed by atoms with van der Waals surface area (Å²) in [5.74, 6) is 1.44. The first-order valence-electron chi connectivity index (χ1n) is 8.71. The third-order valence-electron chi connectivity index (χ3n) is 5.39. The minimum absolute atomic E-state index is 0.226. The summed E-state index contributed by atoms with van der Waals surface area (Å²) in [7, 11) is 0. The van der Waals surface area contributed by atoms with Gasteiger partial charge in [0.15, 0.2) is 5.78 Å². The first-order chi connectivity index (χ1) is 10.8. The van der Waals surface area contributed by atoms with Gasteiger partial charge in [-0.1, -0.05) is 25.5 Å². The quantitative estimate of drug-likeness (QED) is 0.465. The molecule has 0 amide bonds. The van der Waals surface area contributed by atoms with Crippen molar-refractivity contribution in [3.8, 4) is 0 Å². The van der Waals surface area contributed by atoms with Crippen LogP contribution in [0.5, 0.6) is 0 Å². The van der Waals surface area contributed by atoms with Crippen LogP contribution in [0, 0.1) is 17.8 Å². The van der Waals surface area contributed by atoms with E-state index in [0.717, 1.165) is 25.7 Å². The van der Waals surface area contributed by atoms with Crippen LogP contribution in [-0.2, 0) is 11.2 Å². The fourth-order valence-electron chi connectivity index (χ4n) is 3.76. The van der Waals surface area contributed by atoms with Crippen molar-refractivity contribution in [2.75, 3.05) is 0 Å². The largest absolute Gasteiger partial charge is 0.472 e. The van der Waals surface area contributed by atoms with Gasteiger partial charge in [0.1, 0.15) is 4.87 Å². The predicted molar refractivity (Wildman–Crippen MR) is 95.7 cm³/mol. The molecular formula is C20H29ClO2. The van der Waals surface area contributed by atoms with Crippen molar-refractivity contribution >= 4 is 17.4 Å². The molecule has 2 nitrogen and oxygen atoms in total. The maximum absolute atomic E-state index is 12.2. The Morgan fingerprint density at radius 2 is 2.26 bits per heavy atom. The lowest BCUT2D eigenvalue weighted by Gasteiger charge is -2.29. The SMILES string of the molecule is C/C(=C\CCc1ccoc1)CC[C@@H]1[C@@H](C(C)C)CC(=O)C1(C)Cl. The van der Waals surface area contributed by atoms with Crippen molar-refractivity contribution in [3.63, 3.8) is 0 Å². The van der Waals surface area contributed by atoms with Crippen molar-refractivity contribution in [3.05, 3.63) is 35.8 Å². The number of carbonyl (C=O) groups excluding carboxylic acids is 1. The van der Waals surface area contributed by atoms with E-state index >= 15 is 0 Å². The molecule has 0 spiro atoms. The van der Waals surface area contributed by atoms with Gasteiger partial charge >= 0.3 is 0 Å². The minimum atomic E-state index is -0.675. The molecule has 1 aromatic heterocycles. The second kappa shape index (κ2) is 7.70. The number of ketones is 1. The zero-order chi connectivity index (χ0) is 17.0. The summed E-state index contributed by atoms with van der Waals surface area (Å²) in [5.41, 5.74) is 2.63. The van der Waals surface area contributed by atoms with Crippen molar-refractivity contribution in [2.45, 2.75) is 64.7 Å². The van der Waals surface area contributed by atoms with Gasteiger partial charge in [-0.25, -0.2) is 0 Å². The second-order valence-corrected chi connectivity index (χ2v) is 8.26. The Morgan fingerprint density at radius 1 is 1.52 bits per heavy atom. The molecule has 0 saturated heterocycles. The number of hydrogen-bond donors (Lipinski definition) is 0. The zero-order valence-electron chi connectivity index (χ0n) is 14.8. The fraction of sp³-hybridized carbons (Fsp3) is 0.650. The average Bonchev–Trinajstić information content (AvgIpc) is 3.05. The molecule has 1 saturated carbocycles. The number of aryl methyl sites for hydroxylation is 1. The van der Waals surface area contributed by atoms with Gasteiger partial charge < -0.3 is 4.42 Å². The number of alkyl halides is 1. The van der Waals surface area contributed by atoms with E-state index in [1.54, 1.807) is 12.5 Å². The monoisotopic (exact) mass is 336 g/mol. The third-order valence-corrected chi connectivity index (χ3v) is 5.88. The van der Waals surface area contributed by atoms with E-state index in [-0.39, 0.29) is 11.7 Å². The van der Waals surface area contributed by atoms with Gasteiger partial charge in [-0.3, -0.25) is 4.79 Å². The van der Waals surface area contributed by atoms with E-state index < -0.39 is 4.87 Å². The zero-order valence-corrected chi connectivity index (χ0v) is 15.5. The van der Waals surface area contributed by atoms with Crippen LogP contribution in [0.4, 0.5) is 0 Å². The van der Waals surface area contributed by atoms with Gasteiger partial charge in [-0.2, -0.15) is 0 Å². The molecule has 0 aliphatic heterocycles. The number of Topliss-reactive ketones (excluding diaryl/α,β-unsaturated/α-hetero) is 1. The Hall–Kier alpha value is -1.02. The average molecular weight is 337 g/mol. The normalized spacial score (nSPS) is 28.8. The Kier molecular flexibility index (Phi) is 6.13. The van der Waals surface area contributed by atoms with Crippen molar-refractivity contribution in [1.29, 1.82) is 0 Å². The maximum atomic E-state index is 12.2. The van der Waals surface area contributed by atoms with Crippen molar-refractivity contribution in [2.24, 2.45) is 17.8 Å². The lowest BCUT2D eigenvalue weighted by atomic mass is 9.79. The number of hydrogen-bond acceptors (Lipinski definition) is 2. The van der Waals surface area contributed by atoms with Gasteiger partial charge in [0.2, 0.25) is 0 Å². The third kappa shape index (κ3) is 4.50. The summed E-state index contributed by atoms with van der Waals surface area (Å²) >= 11 is 6.60. The van der Waals surface area contributed by atoms with E-state index in [1.165, 1.54) is 11.1 Å². The molecule has 3 atom stereocenters. The van der Waals surface area contributed by atoms with E-state index in [4.69, 9.17) is 16.0 Å². The summed E-state index contributed by atoms with van der Waals surface area (Å²) in [5, 5.41) is 0. The molecule has 1 aromatic rings. The lowest BCUT2D eigenvalue weighted by molar-refractivity contribution is -0.119. The van der Waals surface area contributed by atoms with Crippen molar-refractivity contribution < 1.29 is 9.21 Å². The van der Waals surface area contributed by atoms with Gasteiger partial charge in [0, 0.05) is 6.42 Å². The molecule has 0 aromatic carbocycles. The van der Waals surface area contributed by atoms with Gasteiger partial charge in [0.25, 0.3) is 0 Å². The van der Waals surface area contributed by atoms with Gasteiger partial charge in [-0.15, -0.1) is 11.6 Å². The molecular weight excluding hydrogens is 308 g/mol. The highest BCUT2D eigenvalue weighted by atomic mass is 35.5. The summed E-state index contributed by atoms with van der Waals surface area (Å²) < 4.78 is 5.09. The van der Waals surface area contributed by atoms with Crippen LogP contribution < -0.4 is 0 Å². The Bertz CT molecular complexity index is 540. The maximum Gasteiger partial charge on any atom is 0.154 e. The van der Waals surface area contributed by atoms with Crippen LogP contribution in [0.2, 0.25) is 0 Å². The van der Waals surface area contributed by atoms with Crippen LogP contribution in [0.25, 0.3) is 0 Å². The molecule has 23 heavy (non-hydrogen) atoms.